The molecule has 0 unspecified atom stereocenters. The van der Waals surface area contributed by atoms with E-state index in [0.29, 0.717) is 0 Å². The van der Waals surface area contributed by atoms with E-state index in [-0.39, 0.29) is 0 Å². The lowest BCUT2D eigenvalue weighted by atomic mass is 10.0. The Morgan fingerprint density at radius 2 is 1.53 bits per heavy atom. The van der Waals surface area contributed by atoms with Gasteiger partial charge in [-0.3, -0.25) is 0 Å². The summed E-state index contributed by atoms with van der Waals surface area (Å²) in [5.41, 5.74) is 7.72. The number of benzene rings is 3. The second kappa shape index (κ2) is 6.56. The van der Waals surface area contributed by atoms with Crippen molar-refractivity contribution in [2.24, 2.45) is 0 Å². The quantitative estimate of drug-likeness (QED) is 0.384. The summed E-state index contributed by atoms with van der Waals surface area (Å²) in [6, 6.07) is 29.0. The van der Waals surface area contributed by atoms with Gasteiger partial charge >= 0.3 is 0 Å². The first kappa shape index (κ1) is 17.0. The number of aromatic nitrogens is 3. The average molecular weight is 389 g/mol. The van der Waals surface area contributed by atoms with Crippen molar-refractivity contribution in [1.82, 2.24) is 14.5 Å². The van der Waals surface area contributed by atoms with Crippen LogP contribution in [0.1, 0.15) is 5.56 Å². The highest BCUT2D eigenvalue weighted by Gasteiger charge is 2.25. The molecular formula is C26H19N3O. The molecule has 5 aromatic rings. The molecule has 3 heterocycles. The zero-order valence-corrected chi connectivity index (χ0v) is 16.5. The molecule has 0 spiro atoms. The number of methoxy groups -OCH3 is 1. The molecule has 0 saturated heterocycles. The van der Waals surface area contributed by atoms with Crippen LogP contribution in [0.5, 0.6) is 5.75 Å². The number of ether oxygens (including phenoxy) is 1. The van der Waals surface area contributed by atoms with Gasteiger partial charge in [0.25, 0.3) is 0 Å². The van der Waals surface area contributed by atoms with Crippen LogP contribution < -0.4 is 4.74 Å². The van der Waals surface area contributed by atoms with Gasteiger partial charge in [-0.05, 0) is 29.8 Å². The van der Waals surface area contributed by atoms with Crippen LogP contribution in [0.15, 0.2) is 84.9 Å². The number of fused-ring (bicyclic) bond motifs is 5. The SMILES string of the molecule is COc1ccc2c(c1)Cn1c-2cc2c(-c3ccccc3)nc(-c3ccccc3)nc21. The van der Waals surface area contributed by atoms with E-state index in [1.807, 2.05) is 30.3 Å². The molecule has 0 aliphatic carbocycles. The van der Waals surface area contributed by atoms with Crippen LogP contribution >= 0.6 is 0 Å². The van der Waals surface area contributed by atoms with Crippen LogP contribution in [0.4, 0.5) is 0 Å². The summed E-state index contributed by atoms with van der Waals surface area (Å²) < 4.78 is 7.71. The zero-order valence-electron chi connectivity index (χ0n) is 16.5. The summed E-state index contributed by atoms with van der Waals surface area (Å²) in [6.45, 7) is 0.783. The van der Waals surface area contributed by atoms with Crippen molar-refractivity contribution in [2.75, 3.05) is 7.11 Å². The monoisotopic (exact) mass is 389 g/mol. The molecule has 0 N–H and O–H groups in total. The van der Waals surface area contributed by atoms with Crippen LogP contribution in [0.2, 0.25) is 0 Å². The van der Waals surface area contributed by atoms with Gasteiger partial charge in [-0.15, -0.1) is 0 Å². The molecule has 2 aromatic heterocycles. The maximum Gasteiger partial charge on any atom is 0.162 e. The first-order valence-corrected chi connectivity index (χ1v) is 10.0. The third kappa shape index (κ3) is 2.54. The van der Waals surface area contributed by atoms with E-state index in [4.69, 9.17) is 14.7 Å². The first-order chi connectivity index (χ1) is 14.8. The Labute approximate surface area is 174 Å². The molecular weight excluding hydrogens is 370 g/mol. The van der Waals surface area contributed by atoms with E-state index >= 15 is 0 Å². The molecule has 1 aliphatic rings. The number of hydrogen-bond donors (Lipinski definition) is 0. The molecule has 4 nitrogen and oxygen atoms in total. The Bertz CT molecular complexity index is 1390. The van der Waals surface area contributed by atoms with E-state index in [2.05, 4.69) is 59.2 Å². The minimum atomic E-state index is 0.747. The lowest BCUT2D eigenvalue weighted by Gasteiger charge is -2.09. The number of hydrogen-bond acceptors (Lipinski definition) is 3. The summed E-state index contributed by atoms with van der Waals surface area (Å²) in [5, 5.41) is 1.08. The molecule has 0 bridgehead atoms. The molecule has 3 aromatic carbocycles. The second-order valence-electron chi connectivity index (χ2n) is 7.50. The highest BCUT2D eigenvalue weighted by molar-refractivity contribution is 5.97. The fraction of sp³-hybridized carbons (Fsp3) is 0.0769. The molecule has 0 atom stereocenters. The average Bonchev–Trinajstić information content (AvgIpc) is 3.35. The fourth-order valence-electron chi connectivity index (χ4n) is 4.29. The van der Waals surface area contributed by atoms with Gasteiger partial charge in [-0.25, -0.2) is 9.97 Å². The lowest BCUT2D eigenvalue weighted by molar-refractivity contribution is 0.414. The molecule has 0 fully saturated rings. The third-order valence-corrected chi connectivity index (χ3v) is 5.75. The van der Waals surface area contributed by atoms with Crippen molar-refractivity contribution >= 4 is 11.0 Å². The Morgan fingerprint density at radius 1 is 0.800 bits per heavy atom. The van der Waals surface area contributed by atoms with E-state index < -0.39 is 0 Å². The molecule has 0 saturated carbocycles. The first-order valence-electron chi connectivity index (χ1n) is 10.0. The van der Waals surface area contributed by atoms with Crippen LogP contribution in [0.25, 0.3) is 44.9 Å². The minimum Gasteiger partial charge on any atom is -0.497 e. The summed E-state index contributed by atoms with van der Waals surface area (Å²) in [4.78, 5) is 10.0. The second-order valence-corrected chi connectivity index (χ2v) is 7.50. The summed E-state index contributed by atoms with van der Waals surface area (Å²) in [6.07, 6.45) is 0. The van der Waals surface area contributed by atoms with Crippen molar-refractivity contribution in [3.05, 3.63) is 90.5 Å². The molecule has 0 radical (unpaired) electrons. The van der Waals surface area contributed by atoms with Gasteiger partial charge in [0.1, 0.15) is 11.4 Å². The Balaban J connectivity index is 1.63. The number of nitrogens with zero attached hydrogens (tertiary/aromatic N) is 3. The van der Waals surface area contributed by atoms with Gasteiger partial charge < -0.3 is 9.30 Å². The number of rotatable bonds is 3. The highest BCUT2D eigenvalue weighted by Crippen LogP contribution is 2.41. The van der Waals surface area contributed by atoms with Gasteiger partial charge in [0.05, 0.1) is 25.0 Å². The lowest BCUT2D eigenvalue weighted by Crippen LogP contribution is -1.99. The van der Waals surface area contributed by atoms with Crippen molar-refractivity contribution < 1.29 is 4.74 Å². The summed E-state index contributed by atoms with van der Waals surface area (Å²) >= 11 is 0. The Hall–Kier alpha value is -3.92. The molecule has 6 rings (SSSR count). The van der Waals surface area contributed by atoms with E-state index in [1.54, 1.807) is 7.11 Å². The van der Waals surface area contributed by atoms with Crippen LogP contribution in [0.3, 0.4) is 0 Å². The normalized spacial score (nSPS) is 12.0. The predicted molar refractivity (Wildman–Crippen MR) is 119 cm³/mol. The smallest absolute Gasteiger partial charge is 0.162 e. The van der Waals surface area contributed by atoms with Crippen LogP contribution in [-0.4, -0.2) is 21.6 Å². The maximum atomic E-state index is 5.42. The molecule has 144 valence electrons. The maximum absolute atomic E-state index is 5.42. The van der Waals surface area contributed by atoms with Gasteiger partial charge in [-0.2, -0.15) is 0 Å². The standard InChI is InChI=1S/C26H19N3O/c1-30-20-12-13-21-19(14-20)16-29-23(21)15-22-24(17-8-4-2-5-9-17)27-25(28-26(22)29)18-10-6-3-7-11-18/h2-15H,16H2,1H3. The summed E-state index contributed by atoms with van der Waals surface area (Å²) in [7, 11) is 1.71. The van der Waals surface area contributed by atoms with E-state index in [1.165, 1.54) is 16.8 Å². The zero-order chi connectivity index (χ0) is 20.1. The van der Waals surface area contributed by atoms with Crippen molar-refractivity contribution in [3.63, 3.8) is 0 Å². The van der Waals surface area contributed by atoms with Crippen LogP contribution in [0, 0.1) is 0 Å². The minimum absolute atomic E-state index is 0.747. The molecule has 30 heavy (non-hydrogen) atoms. The van der Waals surface area contributed by atoms with E-state index in [9.17, 15) is 0 Å². The fourth-order valence-corrected chi connectivity index (χ4v) is 4.29. The van der Waals surface area contributed by atoms with E-state index in [0.717, 1.165) is 46.0 Å². The van der Waals surface area contributed by atoms with Crippen molar-refractivity contribution in [3.8, 4) is 39.7 Å². The molecule has 4 heteroatoms. The van der Waals surface area contributed by atoms with Crippen molar-refractivity contribution in [1.29, 1.82) is 0 Å². The third-order valence-electron chi connectivity index (χ3n) is 5.75. The molecule has 1 aliphatic heterocycles. The van der Waals surface area contributed by atoms with Crippen molar-refractivity contribution in [2.45, 2.75) is 6.54 Å². The molecule has 0 amide bonds. The van der Waals surface area contributed by atoms with Gasteiger partial charge in [0.2, 0.25) is 0 Å². The topological polar surface area (TPSA) is 39.9 Å². The Morgan fingerprint density at radius 3 is 2.27 bits per heavy atom. The highest BCUT2D eigenvalue weighted by atomic mass is 16.5. The van der Waals surface area contributed by atoms with Gasteiger partial charge in [-0.1, -0.05) is 60.7 Å². The predicted octanol–water partition coefficient (Wildman–Crippen LogP) is 5.80. The van der Waals surface area contributed by atoms with Gasteiger partial charge in [0, 0.05) is 22.1 Å². The van der Waals surface area contributed by atoms with Gasteiger partial charge in [0.15, 0.2) is 5.82 Å². The summed E-state index contributed by atoms with van der Waals surface area (Å²) in [5.74, 6) is 1.63. The largest absolute Gasteiger partial charge is 0.497 e. The Kier molecular flexibility index (Phi) is 3.71. The van der Waals surface area contributed by atoms with Crippen LogP contribution in [-0.2, 0) is 6.54 Å².